The van der Waals surface area contributed by atoms with Crippen LogP contribution in [-0.4, -0.2) is 26.7 Å². The number of nitrogens with zero attached hydrogens (tertiary/aromatic N) is 1. The van der Waals surface area contributed by atoms with Crippen LogP contribution in [0.25, 0.3) is 0 Å². The van der Waals surface area contributed by atoms with Crippen LogP contribution in [-0.2, 0) is 0 Å². The maximum atomic E-state index is 5.96. The summed E-state index contributed by atoms with van der Waals surface area (Å²) in [7, 11) is 3.20. The van der Waals surface area contributed by atoms with Crippen molar-refractivity contribution in [2.75, 3.05) is 26.1 Å². The first-order valence-electron chi connectivity index (χ1n) is 7.48. The number of benzene rings is 2. The molecule has 6 heteroatoms. The first-order chi connectivity index (χ1) is 11.1. The summed E-state index contributed by atoms with van der Waals surface area (Å²) in [6.45, 7) is 2.75. The molecule has 24 heavy (non-hydrogen) atoms. The quantitative estimate of drug-likeness (QED) is 0.406. The van der Waals surface area contributed by atoms with Gasteiger partial charge in [0.1, 0.15) is 0 Å². The van der Waals surface area contributed by atoms with E-state index in [1.165, 1.54) is 5.56 Å². The summed E-state index contributed by atoms with van der Waals surface area (Å²) < 4.78 is 10.5. The highest BCUT2D eigenvalue weighted by molar-refractivity contribution is 14.0. The third-order valence-electron chi connectivity index (χ3n) is 3.56. The van der Waals surface area contributed by atoms with Gasteiger partial charge >= 0.3 is 0 Å². The lowest BCUT2D eigenvalue weighted by molar-refractivity contribution is 0.355. The fourth-order valence-corrected chi connectivity index (χ4v) is 2.22. The number of nitrogens with one attached hydrogen (secondary N) is 1. The van der Waals surface area contributed by atoms with Crippen molar-refractivity contribution >= 4 is 35.6 Å². The molecule has 2 aromatic rings. The number of guanidine groups is 1. The van der Waals surface area contributed by atoms with Gasteiger partial charge in [0.2, 0.25) is 0 Å². The van der Waals surface area contributed by atoms with Gasteiger partial charge in [0.05, 0.1) is 14.2 Å². The molecule has 5 nitrogen and oxygen atoms in total. The van der Waals surface area contributed by atoms with Crippen molar-refractivity contribution in [3.63, 3.8) is 0 Å². The Kier molecular flexibility index (Phi) is 8.39. The molecular weight excluding hydrogens is 417 g/mol. The van der Waals surface area contributed by atoms with Crippen LogP contribution in [0.2, 0.25) is 0 Å². The molecule has 0 aliphatic rings. The zero-order valence-electron chi connectivity index (χ0n) is 14.2. The standard InChI is InChI=1S/C18H23N3O2.HI/c1-13(14-7-5-4-6-8-14)12-20-18(19)21-15-9-10-16(22-2)17(11-15)23-3;/h4-11,13H,12H2,1-3H3,(H3,19,20,21);1H. The molecule has 0 saturated carbocycles. The van der Waals surface area contributed by atoms with Crippen molar-refractivity contribution in [2.24, 2.45) is 10.7 Å². The summed E-state index contributed by atoms with van der Waals surface area (Å²) in [5, 5.41) is 3.07. The molecule has 0 heterocycles. The fraction of sp³-hybridized carbons (Fsp3) is 0.278. The van der Waals surface area contributed by atoms with Crippen LogP contribution in [0.4, 0.5) is 5.69 Å². The van der Waals surface area contributed by atoms with Crippen molar-refractivity contribution in [1.29, 1.82) is 0 Å². The van der Waals surface area contributed by atoms with Crippen molar-refractivity contribution in [1.82, 2.24) is 0 Å². The maximum Gasteiger partial charge on any atom is 0.193 e. The Morgan fingerprint density at radius 2 is 1.75 bits per heavy atom. The van der Waals surface area contributed by atoms with E-state index in [1.807, 2.05) is 36.4 Å². The smallest absolute Gasteiger partial charge is 0.193 e. The topological polar surface area (TPSA) is 68.9 Å². The maximum absolute atomic E-state index is 5.96. The van der Waals surface area contributed by atoms with E-state index in [9.17, 15) is 0 Å². The number of hydrogen-bond acceptors (Lipinski definition) is 3. The average Bonchev–Trinajstić information content (AvgIpc) is 2.60. The van der Waals surface area contributed by atoms with Crippen LogP contribution in [0.5, 0.6) is 11.5 Å². The van der Waals surface area contributed by atoms with E-state index < -0.39 is 0 Å². The Hall–Kier alpha value is -1.96. The number of hydrogen-bond donors (Lipinski definition) is 2. The van der Waals surface area contributed by atoms with Gasteiger partial charge in [-0.1, -0.05) is 37.3 Å². The van der Waals surface area contributed by atoms with E-state index in [1.54, 1.807) is 14.2 Å². The van der Waals surface area contributed by atoms with Crippen molar-refractivity contribution in [3.8, 4) is 11.5 Å². The highest BCUT2D eigenvalue weighted by Crippen LogP contribution is 2.29. The number of methoxy groups -OCH3 is 2. The second-order valence-electron chi connectivity index (χ2n) is 5.23. The number of rotatable bonds is 6. The number of anilines is 1. The van der Waals surface area contributed by atoms with Crippen LogP contribution in [0.3, 0.4) is 0 Å². The van der Waals surface area contributed by atoms with Gasteiger partial charge < -0.3 is 20.5 Å². The number of aliphatic imine (C=N–C) groups is 1. The Labute approximate surface area is 160 Å². The van der Waals surface area contributed by atoms with Gasteiger partial charge in [-0.15, -0.1) is 24.0 Å². The number of nitrogens with two attached hydrogens (primary N) is 1. The van der Waals surface area contributed by atoms with E-state index in [0.29, 0.717) is 29.9 Å². The van der Waals surface area contributed by atoms with E-state index in [-0.39, 0.29) is 24.0 Å². The molecule has 0 fully saturated rings. The van der Waals surface area contributed by atoms with Gasteiger partial charge in [-0.2, -0.15) is 0 Å². The molecule has 0 saturated heterocycles. The molecule has 0 aromatic heterocycles. The molecule has 1 atom stereocenters. The minimum absolute atomic E-state index is 0. The van der Waals surface area contributed by atoms with Crippen LogP contribution >= 0.6 is 24.0 Å². The van der Waals surface area contributed by atoms with Crippen LogP contribution in [0.1, 0.15) is 18.4 Å². The lowest BCUT2D eigenvalue weighted by Crippen LogP contribution is -2.23. The summed E-state index contributed by atoms with van der Waals surface area (Å²) in [6, 6.07) is 15.8. The van der Waals surface area contributed by atoms with Gasteiger partial charge in [0, 0.05) is 24.2 Å². The largest absolute Gasteiger partial charge is 0.493 e. The molecule has 0 aliphatic carbocycles. The molecule has 0 radical (unpaired) electrons. The van der Waals surface area contributed by atoms with Crippen LogP contribution in [0.15, 0.2) is 53.5 Å². The molecule has 2 rings (SSSR count). The van der Waals surface area contributed by atoms with Gasteiger partial charge in [-0.05, 0) is 17.7 Å². The lowest BCUT2D eigenvalue weighted by Gasteiger charge is -2.12. The van der Waals surface area contributed by atoms with Crippen LogP contribution in [0, 0.1) is 0 Å². The average molecular weight is 441 g/mol. The third-order valence-corrected chi connectivity index (χ3v) is 3.56. The highest BCUT2D eigenvalue weighted by atomic mass is 127. The van der Waals surface area contributed by atoms with Gasteiger partial charge in [-0.3, -0.25) is 4.99 Å². The first kappa shape index (κ1) is 20.1. The Balaban J connectivity index is 0.00000288. The Bertz CT molecular complexity index is 663. The van der Waals surface area contributed by atoms with Crippen molar-refractivity contribution < 1.29 is 9.47 Å². The van der Waals surface area contributed by atoms with E-state index in [4.69, 9.17) is 15.2 Å². The van der Waals surface area contributed by atoms with E-state index >= 15 is 0 Å². The van der Waals surface area contributed by atoms with Crippen molar-refractivity contribution in [3.05, 3.63) is 54.1 Å². The predicted octanol–water partition coefficient (Wildman–Crippen LogP) is 3.85. The van der Waals surface area contributed by atoms with Gasteiger partial charge in [0.15, 0.2) is 17.5 Å². The molecular formula is C18H24IN3O2. The summed E-state index contributed by atoms with van der Waals surface area (Å²) in [6.07, 6.45) is 0. The Morgan fingerprint density at radius 1 is 1.08 bits per heavy atom. The van der Waals surface area contributed by atoms with Gasteiger partial charge in [0.25, 0.3) is 0 Å². The monoisotopic (exact) mass is 441 g/mol. The SMILES string of the molecule is COc1ccc(NC(N)=NCC(C)c2ccccc2)cc1OC.I. The normalized spacial score (nSPS) is 12.0. The molecule has 0 amide bonds. The molecule has 0 bridgehead atoms. The number of halogens is 1. The van der Waals surface area contributed by atoms with Crippen LogP contribution < -0.4 is 20.5 Å². The lowest BCUT2D eigenvalue weighted by atomic mass is 10.0. The fourth-order valence-electron chi connectivity index (χ4n) is 2.22. The highest BCUT2D eigenvalue weighted by Gasteiger charge is 2.06. The first-order valence-corrected chi connectivity index (χ1v) is 7.48. The predicted molar refractivity (Wildman–Crippen MR) is 110 cm³/mol. The molecule has 1 unspecified atom stereocenters. The minimum atomic E-state index is 0. The third kappa shape index (κ3) is 5.59. The molecule has 2 aromatic carbocycles. The summed E-state index contributed by atoms with van der Waals surface area (Å²) in [5.41, 5.74) is 8.01. The second-order valence-corrected chi connectivity index (χ2v) is 5.23. The van der Waals surface area contributed by atoms with E-state index in [0.717, 1.165) is 5.69 Å². The minimum Gasteiger partial charge on any atom is -0.493 e. The summed E-state index contributed by atoms with van der Waals surface area (Å²) in [4.78, 5) is 4.41. The van der Waals surface area contributed by atoms with Gasteiger partial charge in [-0.25, -0.2) is 0 Å². The van der Waals surface area contributed by atoms with Crippen molar-refractivity contribution in [2.45, 2.75) is 12.8 Å². The number of ether oxygens (including phenoxy) is 2. The molecule has 3 N–H and O–H groups in total. The molecule has 130 valence electrons. The summed E-state index contributed by atoms with van der Waals surface area (Å²) >= 11 is 0. The second kappa shape index (κ2) is 10.0. The molecule has 0 aliphatic heterocycles. The molecule has 0 spiro atoms. The Morgan fingerprint density at radius 3 is 2.38 bits per heavy atom. The van der Waals surface area contributed by atoms with E-state index in [2.05, 4.69) is 29.4 Å². The summed E-state index contributed by atoms with van der Waals surface area (Å²) in [5.74, 6) is 2.00. The zero-order valence-corrected chi connectivity index (χ0v) is 16.5. The zero-order chi connectivity index (χ0) is 16.7.